The molecule has 8 nitrogen and oxygen atoms in total. The number of ether oxygens (including phenoxy) is 5. The van der Waals surface area contributed by atoms with Crippen LogP contribution in [-0.2, 0) is 38.1 Å². The molecule has 0 aromatic heterocycles. The van der Waals surface area contributed by atoms with Crippen molar-refractivity contribution in [1.29, 1.82) is 0 Å². The fourth-order valence-corrected chi connectivity index (χ4v) is 8.31. The average Bonchev–Trinajstić information content (AvgIpc) is 3.65. The van der Waals surface area contributed by atoms with Gasteiger partial charge >= 0.3 is 11.9 Å². The largest absolute Gasteiger partial charge is 0.458 e. The van der Waals surface area contributed by atoms with Gasteiger partial charge in [0.1, 0.15) is 35.8 Å². The number of Topliss-reactive ketones (excluding diaryl/α,β-unsaturated/α-hetero) is 1. The summed E-state index contributed by atoms with van der Waals surface area (Å²) in [4.78, 5) is 36.6. The second-order valence-corrected chi connectivity index (χ2v) is 11.6. The minimum atomic E-state index is -0.742. The Morgan fingerprint density at radius 3 is 2.67 bits per heavy atom. The van der Waals surface area contributed by atoms with E-state index in [9.17, 15) is 14.4 Å². The lowest BCUT2D eigenvalue weighted by molar-refractivity contribution is -0.169. The molecule has 0 radical (unpaired) electrons. The second kappa shape index (κ2) is 5.89. The molecule has 2 saturated carbocycles. The number of fused-ring (bicyclic) bond motifs is 4. The van der Waals surface area contributed by atoms with Crippen molar-refractivity contribution in [2.75, 3.05) is 6.61 Å². The van der Waals surface area contributed by atoms with Crippen molar-refractivity contribution in [2.45, 2.75) is 101 Å². The van der Waals surface area contributed by atoms with E-state index in [4.69, 9.17) is 23.7 Å². The summed E-state index contributed by atoms with van der Waals surface area (Å²) >= 11 is 0. The van der Waals surface area contributed by atoms with Crippen molar-refractivity contribution in [3.63, 3.8) is 0 Å². The lowest BCUT2D eigenvalue weighted by Gasteiger charge is -2.53. The molecule has 6 unspecified atom stereocenters. The van der Waals surface area contributed by atoms with E-state index in [2.05, 4.69) is 20.8 Å². The van der Waals surface area contributed by atoms with Crippen molar-refractivity contribution in [2.24, 2.45) is 17.3 Å². The zero-order chi connectivity index (χ0) is 23.1. The number of carbonyl (C=O) groups excluding carboxylic acids is 3. The fraction of sp³-hybridized carbons (Fsp3) is 0.800. The molecule has 0 aromatic carbocycles. The van der Waals surface area contributed by atoms with E-state index < -0.39 is 28.9 Å². The molecule has 3 aliphatic carbocycles. The minimum absolute atomic E-state index is 0.0388. The first-order valence-electron chi connectivity index (χ1n) is 12.2. The molecular weight excluding hydrogens is 428 g/mol. The molecule has 7 aliphatic rings. The van der Waals surface area contributed by atoms with Crippen LogP contribution in [-0.4, -0.2) is 65.5 Å². The molecule has 0 amide bonds. The van der Waals surface area contributed by atoms with E-state index in [1.165, 1.54) is 6.92 Å². The van der Waals surface area contributed by atoms with Crippen LogP contribution in [0.15, 0.2) is 11.1 Å². The number of ketones is 1. The Balaban J connectivity index is 1.29. The van der Waals surface area contributed by atoms with Crippen LogP contribution < -0.4 is 0 Å². The van der Waals surface area contributed by atoms with Crippen molar-refractivity contribution in [1.82, 2.24) is 0 Å². The van der Waals surface area contributed by atoms with E-state index in [0.717, 1.165) is 24.0 Å². The van der Waals surface area contributed by atoms with Gasteiger partial charge < -0.3 is 28.5 Å². The first-order chi connectivity index (χ1) is 15.6. The predicted molar refractivity (Wildman–Crippen MR) is 111 cm³/mol. The minimum Gasteiger partial charge on any atom is -0.458 e. The molecule has 33 heavy (non-hydrogen) atoms. The molecule has 0 bridgehead atoms. The van der Waals surface area contributed by atoms with E-state index >= 15 is 0 Å². The predicted octanol–water partition coefficient (Wildman–Crippen LogP) is 2.02. The van der Waals surface area contributed by atoms with Gasteiger partial charge in [-0.15, -0.1) is 0 Å². The van der Waals surface area contributed by atoms with E-state index in [1.807, 2.05) is 0 Å². The Morgan fingerprint density at radius 2 is 1.94 bits per heavy atom. The first kappa shape index (κ1) is 20.6. The van der Waals surface area contributed by atoms with Gasteiger partial charge in [-0.1, -0.05) is 20.8 Å². The van der Waals surface area contributed by atoms with E-state index in [-0.39, 0.29) is 60.2 Å². The molecule has 3 saturated heterocycles. The Kier molecular flexibility index (Phi) is 3.67. The molecule has 4 aliphatic heterocycles. The van der Waals surface area contributed by atoms with Gasteiger partial charge in [-0.2, -0.15) is 0 Å². The maximum absolute atomic E-state index is 12.9. The smallest absolute Gasteiger partial charge is 0.334 e. The Bertz CT molecular complexity index is 1050. The molecule has 178 valence electrons. The van der Waals surface area contributed by atoms with Gasteiger partial charge in [0.2, 0.25) is 0 Å². The fourth-order valence-electron chi connectivity index (χ4n) is 8.31. The van der Waals surface area contributed by atoms with Gasteiger partial charge in [0.05, 0.1) is 12.5 Å². The third-order valence-corrected chi connectivity index (χ3v) is 10.00. The highest BCUT2D eigenvalue weighted by Gasteiger charge is 3.01. The Hall–Kier alpha value is -1.77. The van der Waals surface area contributed by atoms with Crippen LogP contribution >= 0.6 is 0 Å². The summed E-state index contributed by atoms with van der Waals surface area (Å²) in [6.07, 6.45) is 1.48. The quantitative estimate of drug-likeness (QED) is 0.455. The summed E-state index contributed by atoms with van der Waals surface area (Å²) < 4.78 is 31.2. The van der Waals surface area contributed by atoms with Crippen molar-refractivity contribution >= 4 is 17.7 Å². The molecule has 2 spiro atoms. The summed E-state index contributed by atoms with van der Waals surface area (Å²) in [6, 6.07) is 0. The number of esters is 2. The van der Waals surface area contributed by atoms with Gasteiger partial charge in [0, 0.05) is 17.4 Å². The highest BCUT2D eigenvalue weighted by atomic mass is 16.8. The average molecular weight is 459 g/mol. The van der Waals surface area contributed by atoms with Crippen LogP contribution in [0, 0.1) is 17.3 Å². The van der Waals surface area contributed by atoms with Gasteiger partial charge in [-0.05, 0) is 43.6 Å². The topological polar surface area (TPSA) is 107 Å². The van der Waals surface area contributed by atoms with Crippen LogP contribution in [0.2, 0.25) is 0 Å². The maximum atomic E-state index is 12.9. The van der Waals surface area contributed by atoms with Gasteiger partial charge in [0.25, 0.3) is 0 Å². The molecule has 0 N–H and O–H groups in total. The van der Waals surface area contributed by atoms with Crippen LogP contribution in [0.5, 0.6) is 0 Å². The van der Waals surface area contributed by atoms with E-state index in [0.29, 0.717) is 13.0 Å². The molecule has 9 atom stereocenters. The van der Waals surface area contributed by atoms with Crippen LogP contribution in [0.3, 0.4) is 0 Å². The Morgan fingerprint density at radius 1 is 1.15 bits per heavy atom. The SMILES string of the molecule is CC(=O)CCC(=O)OC1C23OC2C[C@H]2C4=C(CCC2(C)C32OC2[C@@H]2O[C@]12C(C)C)C(=O)OC4. The first-order valence-corrected chi connectivity index (χ1v) is 12.2. The third kappa shape index (κ3) is 2.10. The molecule has 7 rings (SSSR count). The van der Waals surface area contributed by atoms with Gasteiger partial charge in [-0.25, -0.2) is 4.79 Å². The third-order valence-electron chi connectivity index (χ3n) is 10.00. The number of cyclic esters (lactones) is 1. The zero-order valence-corrected chi connectivity index (χ0v) is 19.5. The summed E-state index contributed by atoms with van der Waals surface area (Å²) in [5.74, 6) is -0.364. The van der Waals surface area contributed by atoms with Gasteiger partial charge in [-0.3, -0.25) is 4.79 Å². The number of hydrogen-bond acceptors (Lipinski definition) is 8. The number of epoxide rings is 3. The van der Waals surface area contributed by atoms with E-state index in [1.54, 1.807) is 0 Å². The standard InChI is InChI=1S/C25H30O8/c1-11(2)23-18(32-23)19-25(33-19)22(4)8-7-13-14(10-29-20(13)28)15(22)9-16-24(25,31-16)21(23)30-17(27)6-5-12(3)26/h11,15-16,18-19,21H,5-10H2,1-4H3/t15-,16?,18-,19?,21?,22?,23-,24?,25?/m0/s1. The number of hydrogen-bond donors (Lipinski definition) is 0. The normalized spacial score (nSPS) is 51.9. The Labute approximate surface area is 192 Å². The van der Waals surface area contributed by atoms with Crippen LogP contribution in [0.25, 0.3) is 0 Å². The van der Waals surface area contributed by atoms with Crippen molar-refractivity contribution in [3.05, 3.63) is 11.1 Å². The second-order valence-electron chi connectivity index (χ2n) is 11.6. The van der Waals surface area contributed by atoms with Crippen molar-refractivity contribution < 1.29 is 38.1 Å². The molecule has 0 aromatic rings. The summed E-state index contributed by atoms with van der Waals surface area (Å²) in [6.45, 7) is 8.27. The molecule has 8 heteroatoms. The van der Waals surface area contributed by atoms with Crippen LogP contribution in [0.1, 0.15) is 59.8 Å². The number of rotatable bonds is 5. The zero-order valence-electron chi connectivity index (χ0n) is 19.5. The summed E-state index contributed by atoms with van der Waals surface area (Å²) in [7, 11) is 0. The molecule has 4 heterocycles. The van der Waals surface area contributed by atoms with Gasteiger partial charge in [0.15, 0.2) is 11.7 Å². The molecular formula is C25H30O8. The monoisotopic (exact) mass is 458 g/mol. The van der Waals surface area contributed by atoms with Crippen LogP contribution in [0.4, 0.5) is 0 Å². The van der Waals surface area contributed by atoms with Crippen molar-refractivity contribution in [3.8, 4) is 0 Å². The maximum Gasteiger partial charge on any atom is 0.334 e. The highest BCUT2D eigenvalue weighted by molar-refractivity contribution is 5.92. The lowest BCUT2D eigenvalue weighted by Crippen LogP contribution is -2.70. The lowest BCUT2D eigenvalue weighted by atomic mass is 9.46. The summed E-state index contributed by atoms with van der Waals surface area (Å²) in [5, 5.41) is 0. The summed E-state index contributed by atoms with van der Waals surface area (Å²) in [5.41, 5.74) is -0.303. The highest BCUT2D eigenvalue weighted by Crippen LogP contribution is 2.83. The molecule has 5 fully saturated rings. The number of carbonyl (C=O) groups is 3.